The molecule has 4 aromatic rings. The van der Waals surface area contributed by atoms with Crippen LogP contribution in [0.2, 0.25) is 0 Å². The van der Waals surface area contributed by atoms with Crippen LogP contribution in [-0.4, -0.2) is 14.8 Å². The summed E-state index contributed by atoms with van der Waals surface area (Å²) in [6.07, 6.45) is 1.40. The van der Waals surface area contributed by atoms with Crippen LogP contribution >= 0.6 is 11.3 Å². The van der Waals surface area contributed by atoms with Crippen molar-refractivity contribution in [2.45, 2.75) is 26.0 Å². The Morgan fingerprint density at radius 2 is 1.87 bits per heavy atom. The summed E-state index contributed by atoms with van der Waals surface area (Å²) in [5, 5.41) is 10.2. The van der Waals surface area contributed by atoms with Crippen LogP contribution < -0.4 is 10.1 Å². The van der Waals surface area contributed by atoms with Crippen LogP contribution in [0.1, 0.15) is 39.3 Å². The smallest absolute Gasteiger partial charge is 0.226 e. The van der Waals surface area contributed by atoms with Crippen LogP contribution in [0.15, 0.2) is 71.9 Å². The van der Waals surface area contributed by atoms with Crippen LogP contribution in [-0.2, 0) is 0 Å². The average Bonchev–Trinajstić information content (AvgIpc) is 3.44. The highest BCUT2D eigenvalue weighted by molar-refractivity contribution is 7.10. The van der Waals surface area contributed by atoms with Crippen molar-refractivity contribution in [2.24, 2.45) is 0 Å². The first-order valence-electron chi connectivity index (χ1n) is 9.97. The van der Waals surface area contributed by atoms with E-state index in [-0.39, 0.29) is 12.1 Å². The molecule has 2 aliphatic heterocycles. The van der Waals surface area contributed by atoms with E-state index in [1.807, 2.05) is 4.68 Å². The number of hydrogen-bond acceptors (Lipinski definition) is 5. The Bertz CT molecular complexity index is 1270. The first-order chi connectivity index (χ1) is 14.7. The van der Waals surface area contributed by atoms with Crippen LogP contribution in [0.3, 0.4) is 0 Å². The highest BCUT2D eigenvalue weighted by atomic mass is 32.1. The number of aryl methyl sites for hydroxylation is 2. The first kappa shape index (κ1) is 17.5. The van der Waals surface area contributed by atoms with Gasteiger partial charge in [-0.2, -0.15) is 10.1 Å². The molecule has 6 rings (SSSR count). The summed E-state index contributed by atoms with van der Waals surface area (Å²) in [6, 6.07) is 19.1. The van der Waals surface area contributed by atoms with Gasteiger partial charge in [0.1, 0.15) is 24.2 Å². The van der Waals surface area contributed by atoms with E-state index in [0.717, 1.165) is 34.1 Å². The number of thiophene rings is 1. The van der Waals surface area contributed by atoms with E-state index in [1.165, 1.54) is 16.0 Å². The van der Waals surface area contributed by atoms with Crippen molar-refractivity contribution in [3.8, 4) is 5.75 Å². The number of anilines is 1. The predicted octanol–water partition coefficient (Wildman–Crippen LogP) is 5.52. The van der Waals surface area contributed by atoms with Gasteiger partial charge in [0.15, 0.2) is 0 Å². The van der Waals surface area contributed by atoms with Crippen LogP contribution in [0.25, 0.3) is 5.70 Å². The van der Waals surface area contributed by atoms with E-state index in [2.05, 4.69) is 89.2 Å². The van der Waals surface area contributed by atoms with Gasteiger partial charge in [0.05, 0.1) is 5.70 Å². The average molecular weight is 413 g/mol. The summed E-state index contributed by atoms with van der Waals surface area (Å²) in [6.45, 7) is 4.21. The number of ether oxygens (including phenoxy) is 1. The number of benzene rings is 2. The van der Waals surface area contributed by atoms with E-state index >= 15 is 0 Å². The molecule has 0 saturated carbocycles. The van der Waals surface area contributed by atoms with Crippen molar-refractivity contribution < 1.29 is 4.74 Å². The minimum atomic E-state index is -0.215. The standard InChI is InChI=1S/C24H20N4OS/c1-14-5-8-16(9-6-14)23-20-21(17-12-15(2)7-10-18(17)29-23)27-24-25-13-26-28(24)22(20)19-4-3-11-30-19/h3-13,22-23H,1-2H3,(H,25,26,27)/t22-,23-/m1/s1. The zero-order valence-electron chi connectivity index (χ0n) is 16.7. The molecule has 0 fully saturated rings. The van der Waals surface area contributed by atoms with Crippen LogP contribution in [0.5, 0.6) is 5.75 Å². The molecule has 2 aliphatic rings. The highest BCUT2D eigenvalue weighted by Crippen LogP contribution is 2.51. The maximum absolute atomic E-state index is 6.65. The van der Waals surface area contributed by atoms with Crippen molar-refractivity contribution in [3.63, 3.8) is 0 Å². The van der Waals surface area contributed by atoms with Gasteiger partial charge in [-0.3, -0.25) is 0 Å². The van der Waals surface area contributed by atoms with Gasteiger partial charge in [0.2, 0.25) is 5.95 Å². The third-order valence-corrected chi connectivity index (χ3v) is 6.69. The predicted molar refractivity (Wildman–Crippen MR) is 119 cm³/mol. The third kappa shape index (κ3) is 2.60. The third-order valence-electron chi connectivity index (χ3n) is 5.76. The zero-order valence-corrected chi connectivity index (χ0v) is 17.5. The molecule has 2 aromatic heterocycles. The van der Waals surface area contributed by atoms with Gasteiger partial charge in [-0.15, -0.1) is 11.3 Å². The molecule has 0 unspecified atom stereocenters. The van der Waals surface area contributed by atoms with E-state index in [9.17, 15) is 0 Å². The maximum atomic E-state index is 6.65. The minimum Gasteiger partial charge on any atom is -0.480 e. The molecular formula is C24H20N4OS. The molecule has 0 saturated heterocycles. The number of rotatable bonds is 2. The first-order valence-corrected chi connectivity index (χ1v) is 10.9. The normalized spacial score (nSPS) is 19.4. The fourth-order valence-electron chi connectivity index (χ4n) is 4.32. The van der Waals surface area contributed by atoms with Gasteiger partial charge in [0, 0.05) is 16.0 Å². The van der Waals surface area contributed by atoms with E-state index in [0.29, 0.717) is 0 Å². The Kier molecular flexibility index (Phi) is 3.83. The molecule has 5 nitrogen and oxygen atoms in total. The second-order valence-electron chi connectivity index (χ2n) is 7.81. The van der Waals surface area contributed by atoms with Crippen LogP contribution in [0, 0.1) is 13.8 Å². The Balaban J connectivity index is 1.63. The Morgan fingerprint density at radius 1 is 1.03 bits per heavy atom. The topological polar surface area (TPSA) is 52.0 Å². The molecular weight excluding hydrogens is 392 g/mol. The molecule has 0 spiro atoms. The van der Waals surface area contributed by atoms with Gasteiger partial charge in [-0.05, 0) is 43.0 Å². The van der Waals surface area contributed by atoms with E-state index < -0.39 is 0 Å². The molecule has 2 atom stereocenters. The van der Waals surface area contributed by atoms with Crippen LogP contribution in [0.4, 0.5) is 5.95 Å². The molecule has 0 radical (unpaired) electrons. The van der Waals surface area contributed by atoms with Gasteiger partial charge in [-0.1, -0.05) is 47.5 Å². The molecule has 148 valence electrons. The molecule has 0 amide bonds. The van der Waals surface area contributed by atoms with Gasteiger partial charge in [0.25, 0.3) is 0 Å². The lowest BCUT2D eigenvalue weighted by Gasteiger charge is -2.38. The molecule has 6 heteroatoms. The highest BCUT2D eigenvalue weighted by Gasteiger charge is 2.41. The Hall–Kier alpha value is -3.38. The lowest BCUT2D eigenvalue weighted by atomic mass is 9.86. The van der Waals surface area contributed by atoms with E-state index in [1.54, 1.807) is 17.7 Å². The summed E-state index contributed by atoms with van der Waals surface area (Å²) in [5.74, 6) is 1.64. The second kappa shape index (κ2) is 6.57. The number of aromatic nitrogens is 3. The monoisotopic (exact) mass is 412 g/mol. The minimum absolute atomic E-state index is 0.0706. The Morgan fingerprint density at radius 3 is 2.67 bits per heavy atom. The summed E-state index contributed by atoms with van der Waals surface area (Å²) >= 11 is 1.73. The second-order valence-corrected chi connectivity index (χ2v) is 8.79. The molecule has 0 aliphatic carbocycles. The van der Waals surface area contributed by atoms with E-state index in [4.69, 9.17) is 4.74 Å². The lowest BCUT2D eigenvalue weighted by Crippen LogP contribution is -2.32. The van der Waals surface area contributed by atoms with Gasteiger partial charge < -0.3 is 10.1 Å². The molecule has 1 N–H and O–H groups in total. The van der Waals surface area contributed by atoms with Crippen molar-refractivity contribution in [1.82, 2.24) is 14.8 Å². The molecule has 30 heavy (non-hydrogen) atoms. The molecule has 0 bridgehead atoms. The number of fused-ring (bicyclic) bond motifs is 3. The quantitative estimate of drug-likeness (QED) is 0.471. The van der Waals surface area contributed by atoms with Gasteiger partial charge >= 0.3 is 0 Å². The summed E-state index contributed by atoms with van der Waals surface area (Å²) in [7, 11) is 0. The Labute approximate surface area is 178 Å². The maximum Gasteiger partial charge on any atom is 0.226 e. The molecule has 2 aromatic carbocycles. The summed E-state index contributed by atoms with van der Waals surface area (Å²) < 4.78 is 8.62. The van der Waals surface area contributed by atoms with Crippen molar-refractivity contribution in [2.75, 3.05) is 5.32 Å². The molecule has 4 heterocycles. The van der Waals surface area contributed by atoms with Crippen molar-refractivity contribution in [3.05, 3.63) is 99.0 Å². The summed E-state index contributed by atoms with van der Waals surface area (Å²) in [4.78, 5) is 5.70. The largest absolute Gasteiger partial charge is 0.480 e. The van der Waals surface area contributed by atoms with Crippen molar-refractivity contribution >= 4 is 23.0 Å². The number of nitrogens with one attached hydrogen (secondary N) is 1. The number of hydrogen-bond donors (Lipinski definition) is 1. The SMILES string of the molecule is Cc1ccc([C@H]2Oc3ccc(C)cc3C3=C2[C@@H](c2cccs2)n2ncnc2N3)cc1. The fraction of sp³-hybridized carbons (Fsp3) is 0.167. The zero-order chi connectivity index (χ0) is 20.2. The van der Waals surface area contributed by atoms with Gasteiger partial charge in [-0.25, -0.2) is 4.68 Å². The lowest BCUT2D eigenvalue weighted by molar-refractivity contribution is 0.223. The fourth-order valence-corrected chi connectivity index (χ4v) is 5.15. The number of nitrogens with zero attached hydrogens (tertiary/aromatic N) is 3. The van der Waals surface area contributed by atoms with Crippen molar-refractivity contribution in [1.29, 1.82) is 0 Å². The summed E-state index contributed by atoms with van der Waals surface area (Å²) in [5.41, 5.74) is 6.87.